The lowest BCUT2D eigenvalue weighted by atomic mass is 9.97. The number of aromatic nitrogens is 1. The molecule has 0 saturated heterocycles. The fraction of sp³-hybridized carbons (Fsp3) is 0.364. The summed E-state index contributed by atoms with van der Waals surface area (Å²) in [6, 6.07) is 13.1. The van der Waals surface area contributed by atoms with Crippen molar-refractivity contribution in [3.05, 3.63) is 53.1 Å². The number of unbranched alkanes of at least 4 members (excludes halogenated alkanes) is 1. The van der Waals surface area contributed by atoms with Crippen LogP contribution in [0.2, 0.25) is 0 Å². The number of para-hydroxylation sites is 1. The molecule has 0 aliphatic heterocycles. The predicted octanol–water partition coefficient (Wildman–Crippen LogP) is 5.00. The lowest BCUT2D eigenvalue weighted by molar-refractivity contribution is 0.413. The molecular formula is C22H28N2O. The number of rotatable bonds is 7. The highest BCUT2D eigenvalue weighted by atomic mass is 16.5. The summed E-state index contributed by atoms with van der Waals surface area (Å²) in [4.78, 5) is 3.65. The van der Waals surface area contributed by atoms with Crippen LogP contribution in [0.3, 0.4) is 0 Å². The minimum atomic E-state index is 0.742. The first-order chi connectivity index (χ1) is 12.2. The van der Waals surface area contributed by atoms with Gasteiger partial charge in [-0.25, -0.2) is 0 Å². The molecule has 2 aromatic carbocycles. The number of methoxy groups -OCH3 is 1. The Bertz CT molecular complexity index is 864. The summed E-state index contributed by atoms with van der Waals surface area (Å²) in [5, 5.41) is 1.33. The molecular weight excluding hydrogens is 308 g/mol. The maximum absolute atomic E-state index is 5.71. The Labute approximate surface area is 150 Å². The summed E-state index contributed by atoms with van der Waals surface area (Å²) < 4.78 is 5.71. The number of aryl methyl sites for hydroxylation is 3. The molecule has 0 bridgehead atoms. The van der Waals surface area contributed by atoms with Crippen LogP contribution < -0.4 is 10.5 Å². The summed E-state index contributed by atoms with van der Waals surface area (Å²) in [7, 11) is 1.75. The minimum Gasteiger partial charge on any atom is -0.496 e. The molecule has 1 aromatic heterocycles. The van der Waals surface area contributed by atoms with Crippen molar-refractivity contribution in [3.8, 4) is 17.0 Å². The number of nitrogens with two attached hydrogens (primary N) is 1. The third kappa shape index (κ3) is 3.42. The molecule has 25 heavy (non-hydrogen) atoms. The van der Waals surface area contributed by atoms with Crippen LogP contribution in [-0.2, 0) is 12.8 Å². The van der Waals surface area contributed by atoms with Crippen LogP contribution in [-0.4, -0.2) is 18.6 Å². The number of fused-ring (bicyclic) bond motifs is 1. The van der Waals surface area contributed by atoms with Gasteiger partial charge in [0.15, 0.2) is 0 Å². The van der Waals surface area contributed by atoms with Gasteiger partial charge in [0.25, 0.3) is 0 Å². The van der Waals surface area contributed by atoms with E-state index in [0.29, 0.717) is 0 Å². The van der Waals surface area contributed by atoms with Crippen molar-refractivity contribution in [1.82, 2.24) is 4.98 Å². The molecule has 3 aromatic rings. The van der Waals surface area contributed by atoms with Gasteiger partial charge >= 0.3 is 0 Å². The van der Waals surface area contributed by atoms with Gasteiger partial charge in [0.2, 0.25) is 0 Å². The normalized spacial score (nSPS) is 11.2. The number of ether oxygens (including phenoxy) is 1. The van der Waals surface area contributed by atoms with E-state index in [9.17, 15) is 0 Å². The first-order valence-electron chi connectivity index (χ1n) is 9.17. The third-order valence-corrected chi connectivity index (χ3v) is 4.95. The van der Waals surface area contributed by atoms with E-state index in [1.165, 1.54) is 27.7 Å². The van der Waals surface area contributed by atoms with E-state index in [4.69, 9.17) is 10.5 Å². The third-order valence-electron chi connectivity index (χ3n) is 4.95. The zero-order chi connectivity index (χ0) is 17.8. The van der Waals surface area contributed by atoms with E-state index in [-0.39, 0.29) is 0 Å². The maximum Gasteiger partial charge on any atom is 0.131 e. The molecule has 0 radical (unpaired) electrons. The quantitative estimate of drug-likeness (QED) is 0.597. The summed E-state index contributed by atoms with van der Waals surface area (Å²) in [5.41, 5.74) is 13.1. The van der Waals surface area contributed by atoms with Gasteiger partial charge in [-0.2, -0.15) is 0 Å². The Kier molecular flexibility index (Phi) is 5.44. The number of aromatic amines is 1. The number of hydrogen-bond donors (Lipinski definition) is 2. The molecule has 132 valence electrons. The molecule has 0 amide bonds. The maximum atomic E-state index is 5.71. The molecule has 0 saturated carbocycles. The van der Waals surface area contributed by atoms with Gasteiger partial charge in [-0.15, -0.1) is 0 Å². The lowest BCUT2D eigenvalue weighted by Gasteiger charge is -2.12. The van der Waals surface area contributed by atoms with Crippen molar-refractivity contribution >= 4 is 10.9 Å². The van der Waals surface area contributed by atoms with Gasteiger partial charge in [-0.3, -0.25) is 0 Å². The molecule has 0 unspecified atom stereocenters. The number of hydrogen-bond acceptors (Lipinski definition) is 2. The second kappa shape index (κ2) is 7.75. The van der Waals surface area contributed by atoms with Crippen LogP contribution in [0, 0.1) is 6.92 Å². The summed E-state index contributed by atoms with van der Waals surface area (Å²) in [6.45, 7) is 5.03. The van der Waals surface area contributed by atoms with Gasteiger partial charge in [0, 0.05) is 16.5 Å². The van der Waals surface area contributed by atoms with Crippen LogP contribution >= 0.6 is 0 Å². The fourth-order valence-electron chi connectivity index (χ4n) is 3.57. The van der Waals surface area contributed by atoms with Crippen LogP contribution in [0.4, 0.5) is 0 Å². The molecule has 3 heteroatoms. The summed E-state index contributed by atoms with van der Waals surface area (Å²) >= 11 is 0. The van der Waals surface area contributed by atoms with Crippen LogP contribution in [0.1, 0.15) is 36.5 Å². The Morgan fingerprint density at radius 1 is 1.12 bits per heavy atom. The predicted molar refractivity (Wildman–Crippen MR) is 106 cm³/mol. The molecule has 3 rings (SSSR count). The van der Waals surface area contributed by atoms with E-state index in [1.807, 2.05) is 0 Å². The van der Waals surface area contributed by atoms with Crippen molar-refractivity contribution < 1.29 is 4.74 Å². The largest absolute Gasteiger partial charge is 0.496 e. The summed E-state index contributed by atoms with van der Waals surface area (Å²) in [5.74, 6) is 0.949. The first-order valence-corrected chi connectivity index (χ1v) is 9.17. The molecule has 3 nitrogen and oxygen atoms in total. The second-order valence-electron chi connectivity index (χ2n) is 6.61. The standard InChI is InChI=1S/C22H28N2O/c1-4-16-11-12-20-19(14-16)17(9-5-6-13-23)21(24-20)18-10-7-8-15(2)22(18)25-3/h7-8,10-12,14,24H,4-6,9,13,23H2,1-3H3. The van der Waals surface area contributed by atoms with Gasteiger partial charge in [-0.05, 0) is 74.0 Å². The van der Waals surface area contributed by atoms with Crippen molar-refractivity contribution in [2.75, 3.05) is 13.7 Å². The van der Waals surface area contributed by atoms with Gasteiger partial charge in [0.1, 0.15) is 5.75 Å². The second-order valence-corrected chi connectivity index (χ2v) is 6.61. The van der Waals surface area contributed by atoms with Crippen LogP contribution in [0.25, 0.3) is 22.2 Å². The Morgan fingerprint density at radius 3 is 2.68 bits per heavy atom. The first kappa shape index (κ1) is 17.6. The van der Waals surface area contributed by atoms with Gasteiger partial charge < -0.3 is 15.5 Å². The molecule has 3 N–H and O–H groups in total. The Morgan fingerprint density at radius 2 is 1.96 bits per heavy atom. The summed E-state index contributed by atoms with van der Waals surface area (Å²) in [6.07, 6.45) is 4.22. The highest BCUT2D eigenvalue weighted by Gasteiger charge is 2.17. The SMILES string of the molecule is CCc1ccc2[nH]c(-c3cccc(C)c3OC)c(CCCCN)c2c1. The smallest absolute Gasteiger partial charge is 0.131 e. The van der Waals surface area contributed by atoms with Crippen molar-refractivity contribution in [3.63, 3.8) is 0 Å². The number of H-pyrrole nitrogens is 1. The van der Waals surface area contributed by atoms with E-state index < -0.39 is 0 Å². The molecule has 1 heterocycles. The average Bonchev–Trinajstić information content (AvgIpc) is 2.99. The van der Waals surface area contributed by atoms with Crippen molar-refractivity contribution in [2.24, 2.45) is 5.73 Å². The average molecular weight is 336 g/mol. The Balaban J connectivity index is 2.19. The monoisotopic (exact) mass is 336 g/mol. The lowest BCUT2D eigenvalue weighted by Crippen LogP contribution is -2.00. The van der Waals surface area contributed by atoms with Crippen LogP contribution in [0.15, 0.2) is 36.4 Å². The van der Waals surface area contributed by atoms with Crippen molar-refractivity contribution in [1.29, 1.82) is 0 Å². The highest BCUT2D eigenvalue weighted by Crippen LogP contribution is 2.38. The number of benzene rings is 2. The van der Waals surface area contributed by atoms with Gasteiger partial charge in [0.05, 0.1) is 12.8 Å². The molecule has 0 atom stereocenters. The molecule has 0 aliphatic carbocycles. The zero-order valence-corrected chi connectivity index (χ0v) is 15.5. The molecule has 0 spiro atoms. The highest BCUT2D eigenvalue weighted by molar-refractivity contribution is 5.92. The number of nitrogens with one attached hydrogen (secondary N) is 1. The van der Waals surface area contributed by atoms with E-state index in [1.54, 1.807) is 7.11 Å². The van der Waals surface area contributed by atoms with E-state index >= 15 is 0 Å². The van der Waals surface area contributed by atoms with E-state index in [2.05, 4.69) is 55.2 Å². The molecule has 0 fully saturated rings. The topological polar surface area (TPSA) is 51.0 Å². The van der Waals surface area contributed by atoms with E-state index in [0.717, 1.165) is 49.1 Å². The molecule has 0 aliphatic rings. The fourth-order valence-corrected chi connectivity index (χ4v) is 3.57. The van der Waals surface area contributed by atoms with Crippen LogP contribution in [0.5, 0.6) is 5.75 Å². The Hall–Kier alpha value is -2.26. The minimum absolute atomic E-state index is 0.742. The van der Waals surface area contributed by atoms with Crippen molar-refractivity contribution in [2.45, 2.75) is 39.5 Å². The van der Waals surface area contributed by atoms with Gasteiger partial charge in [-0.1, -0.05) is 25.1 Å². The zero-order valence-electron chi connectivity index (χ0n) is 15.5.